The minimum Gasteiger partial charge on any atom is -0.383 e. The lowest BCUT2D eigenvalue weighted by atomic mass is 10.2. The molecule has 0 aliphatic heterocycles. The highest BCUT2D eigenvalue weighted by Crippen LogP contribution is 2.19. The minimum absolute atomic E-state index is 0.304. The van der Waals surface area contributed by atoms with Gasteiger partial charge < -0.3 is 10.1 Å². The lowest BCUT2D eigenvalue weighted by Crippen LogP contribution is -2.13. The van der Waals surface area contributed by atoms with Crippen LogP contribution in [-0.4, -0.2) is 19.3 Å². The fourth-order valence-electron chi connectivity index (χ4n) is 1.24. The largest absolute Gasteiger partial charge is 0.383 e. The molecule has 84 valence electrons. The minimum atomic E-state index is 0.304. The highest BCUT2D eigenvalue weighted by molar-refractivity contribution is 9.10. The summed E-state index contributed by atoms with van der Waals surface area (Å²) in [6, 6.07) is 6.24. The molecule has 0 aliphatic carbocycles. The Balaban J connectivity index is 2.35. The molecular weight excluding hydrogens is 254 g/mol. The zero-order valence-corrected chi connectivity index (χ0v) is 11.1. The summed E-state index contributed by atoms with van der Waals surface area (Å²) < 4.78 is 6.59. The molecule has 15 heavy (non-hydrogen) atoms. The van der Waals surface area contributed by atoms with Crippen molar-refractivity contribution in [3.05, 3.63) is 28.2 Å². The van der Waals surface area contributed by atoms with Gasteiger partial charge in [-0.15, -0.1) is 0 Å². The third kappa shape index (κ3) is 4.67. The number of aryl methyl sites for hydroxylation is 1. The van der Waals surface area contributed by atoms with Gasteiger partial charge in [-0.1, -0.05) is 15.9 Å². The Morgan fingerprint density at radius 2 is 2.13 bits per heavy atom. The zero-order valence-electron chi connectivity index (χ0n) is 9.51. The third-order valence-corrected chi connectivity index (χ3v) is 2.93. The van der Waals surface area contributed by atoms with E-state index in [0.717, 1.165) is 23.3 Å². The molecule has 0 heterocycles. The molecule has 0 atom stereocenters. The van der Waals surface area contributed by atoms with Crippen molar-refractivity contribution in [1.82, 2.24) is 0 Å². The van der Waals surface area contributed by atoms with Crippen molar-refractivity contribution in [2.45, 2.75) is 26.9 Å². The van der Waals surface area contributed by atoms with E-state index in [-0.39, 0.29) is 0 Å². The summed E-state index contributed by atoms with van der Waals surface area (Å²) in [5.74, 6) is 0. The second-order valence-corrected chi connectivity index (χ2v) is 4.66. The highest BCUT2D eigenvalue weighted by atomic mass is 79.9. The van der Waals surface area contributed by atoms with Crippen LogP contribution in [0.15, 0.2) is 22.7 Å². The Morgan fingerprint density at radius 1 is 1.40 bits per heavy atom. The van der Waals surface area contributed by atoms with Gasteiger partial charge in [0.1, 0.15) is 0 Å². The van der Waals surface area contributed by atoms with Crippen molar-refractivity contribution in [2.24, 2.45) is 0 Å². The van der Waals surface area contributed by atoms with Crippen molar-refractivity contribution in [2.75, 3.05) is 18.5 Å². The van der Waals surface area contributed by atoms with Crippen LogP contribution in [0.5, 0.6) is 0 Å². The lowest BCUT2D eigenvalue weighted by Gasteiger charge is -2.10. The monoisotopic (exact) mass is 271 g/mol. The fourth-order valence-corrected chi connectivity index (χ4v) is 1.49. The van der Waals surface area contributed by atoms with Crippen LogP contribution < -0.4 is 5.32 Å². The Kier molecular flexibility index (Phi) is 5.12. The number of hydrogen-bond donors (Lipinski definition) is 1. The number of benzene rings is 1. The van der Waals surface area contributed by atoms with E-state index in [2.05, 4.69) is 46.4 Å². The maximum Gasteiger partial charge on any atom is 0.0642 e. The quantitative estimate of drug-likeness (QED) is 0.827. The standard InChI is InChI=1S/C12H18BrNO/c1-9(2)15-7-6-14-11-4-5-12(13)10(3)8-11/h4-5,8-9,14H,6-7H2,1-3H3. The number of rotatable bonds is 5. The first-order chi connectivity index (χ1) is 7.09. The van der Waals surface area contributed by atoms with Gasteiger partial charge in [-0.05, 0) is 44.5 Å². The van der Waals surface area contributed by atoms with E-state index in [1.54, 1.807) is 0 Å². The molecule has 1 aromatic carbocycles. The first-order valence-electron chi connectivity index (χ1n) is 5.21. The van der Waals surface area contributed by atoms with Gasteiger partial charge in [-0.2, -0.15) is 0 Å². The highest BCUT2D eigenvalue weighted by Gasteiger charge is 1.97. The average molecular weight is 272 g/mol. The number of ether oxygens (including phenoxy) is 1. The van der Waals surface area contributed by atoms with Crippen LogP contribution in [0.25, 0.3) is 0 Å². The van der Waals surface area contributed by atoms with Gasteiger partial charge in [0, 0.05) is 16.7 Å². The normalized spacial score (nSPS) is 10.7. The van der Waals surface area contributed by atoms with Gasteiger partial charge in [0.15, 0.2) is 0 Å². The van der Waals surface area contributed by atoms with Gasteiger partial charge in [0.05, 0.1) is 12.7 Å². The maximum atomic E-state index is 5.45. The molecule has 0 radical (unpaired) electrons. The Bertz CT molecular complexity index is 312. The van der Waals surface area contributed by atoms with Crippen LogP contribution in [0, 0.1) is 6.92 Å². The van der Waals surface area contributed by atoms with Gasteiger partial charge in [-0.3, -0.25) is 0 Å². The summed E-state index contributed by atoms with van der Waals surface area (Å²) in [6.07, 6.45) is 0.304. The molecule has 0 aromatic heterocycles. The summed E-state index contributed by atoms with van der Waals surface area (Å²) in [4.78, 5) is 0. The first kappa shape index (κ1) is 12.5. The molecule has 0 spiro atoms. The second-order valence-electron chi connectivity index (χ2n) is 3.81. The van der Waals surface area contributed by atoms with Crippen LogP contribution >= 0.6 is 15.9 Å². The van der Waals surface area contributed by atoms with Crippen LogP contribution in [0.1, 0.15) is 19.4 Å². The average Bonchev–Trinajstić information content (AvgIpc) is 2.18. The Labute approximate surface area is 100 Å². The van der Waals surface area contributed by atoms with E-state index in [1.165, 1.54) is 5.56 Å². The molecule has 0 bridgehead atoms. The molecule has 1 rings (SSSR count). The smallest absolute Gasteiger partial charge is 0.0642 e. The van der Waals surface area contributed by atoms with E-state index in [0.29, 0.717) is 6.10 Å². The molecule has 2 nitrogen and oxygen atoms in total. The lowest BCUT2D eigenvalue weighted by molar-refractivity contribution is 0.0870. The summed E-state index contributed by atoms with van der Waals surface area (Å²) in [5.41, 5.74) is 2.38. The molecule has 0 saturated heterocycles. The number of nitrogens with one attached hydrogen (secondary N) is 1. The van der Waals surface area contributed by atoms with Gasteiger partial charge in [-0.25, -0.2) is 0 Å². The SMILES string of the molecule is Cc1cc(NCCOC(C)C)ccc1Br. The maximum absolute atomic E-state index is 5.45. The van der Waals surface area contributed by atoms with Crippen molar-refractivity contribution < 1.29 is 4.74 Å². The third-order valence-electron chi connectivity index (χ3n) is 2.04. The molecule has 0 unspecified atom stereocenters. The second kappa shape index (κ2) is 6.13. The van der Waals surface area contributed by atoms with Gasteiger partial charge >= 0.3 is 0 Å². The number of halogens is 1. The summed E-state index contributed by atoms with van der Waals surface area (Å²) in [7, 11) is 0. The fraction of sp³-hybridized carbons (Fsp3) is 0.500. The van der Waals surface area contributed by atoms with Crippen LogP contribution in [0.3, 0.4) is 0 Å². The molecule has 0 amide bonds. The molecule has 1 aromatic rings. The zero-order chi connectivity index (χ0) is 11.3. The summed E-state index contributed by atoms with van der Waals surface area (Å²) >= 11 is 3.48. The van der Waals surface area contributed by atoms with Crippen molar-refractivity contribution in [1.29, 1.82) is 0 Å². The van der Waals surface area contributed by atoms with E-state index in [1.807, 2.05) is 13.8 Å². The van der Waals surface area contributed by atoms with E-state index < -0.39 is 0 Å². The molecule has 0 fully saturated rings. The number of anilines is 1. The van der Waals surface area contributed by atoms with Crippen LogP contribution in [0.4, 0.5) is 5.69 Å². The summed E-state index contributed by atoms with van der Waals surface area (Å²) in [5, 5.41) is 3.32. The van der Waals surface area contributed by atoms with Crippen molar-refractivity contribution in [3.8, 4) is 0 Å². The summed E-state index contributed by atoms with van der Waals surface area (Å²) in [6.45, 7) is 7.76. The molecule has 1 N–H and O–H groups in total. The molecule has 0 aliphatic rings. The van der Waals surface area contributed by atoms with Crippen molar-refractivity contribution in [3.63, 3.8) is 0 Å². The van der Waals surface area contributed by atoms with Gasteiger partial charge in [0.2, 0.25) is 0 Å². The first-order valence-corrected chi connectivity index (χ1v) is 6.00. The van der Waals surface area contributed by atoms with Crippen LogP contribution in [0.2, 0.25) is 0 Å². The topological polar surface area (TPSA) is 21.3 Å². The Morgan fingerprint density at radius 3 is 2.73 bits per heavy atom. The van der Waals surface area contributed by atoms with Gasteiger partial charge in [0.25, 0.3) is 0 Å². The van der Waals surface area contributed by atoms with E-state index in [9.17, 15) is 0 Å². The predicted octanol–water partition coefficient (Wildman–Crippen LogP) is 3.59. The molecule has 3 heteroatoms. The van der Waals surface area contributed by atoms with Crippen molar-refractivity contribution >= 4 is 21.6 Å². The van der Waals surface area contributed by atoms with Crippen LogP contribution in [-0.2, 0) is 4.74 Å². The molecular formula is C12H18BrNO. The number of hydrogen-bond acceptors (Lipinski definition) is 2. The Hall–Kier alpha value is -0.540. The van der Waals surface area contributed by atoms with E-state index in [4.69, 9.17) is 4.74 Å². The predicted molar refractivity (Wildman–Crippen MR) is 68.5 cm³/mol. The molecule has 0 saturated carbocycles. The van der Waals surface area contributed by atoms with E-state index >= 15 is 0 Å².